The Balaban J connectivity index is 3.18. The molecule has 0 unspecified atom stereocenters. The molecule has 0 aromatic rings. The molecule has 0 saturated carbocycles. The molecule has 0 rings (SSSR count). The van der Waals surface area contributed by atoms with Gasteiger partial charge in [0.25, 0.3) is 0 Å². The maximum atomic E-state index is 6.05. The molecule has 0 N–H and O–H groups in total. The fourth-order valence-corrected chi connectivity index (χ4v) is 2.87. The minimum absolute atomic E-state index is 0.232. The fraction of sp³-hybridized carbons (Fsp3) is 0.905. The molecule has 0 amide bonds. The van der Waals surface area contributed by atoms with E-state index in [-0.39, 0.29) is 5.04 Å². The van der Waals surface area contributed by atoms with Crippen LogP contribution in [0.15, 0.2) is 12.7 Å². The maximum Gasteiger partial charge on any atom is 0.192 e. The molecule has 0 aromatic carbocycles. The van der Waals surface area contributed by atoms with Crippen molar-refractivity contribution in [1.29, 1.82) is 0 Å². The van der Waals surface area contributed by atoms with E-state index in [4.69, 9.17) is 32.8 Å². The van der Waals surface area contributed by atoms with Crippen LogP contribution in [0.1, 0.15) is 20.8 Å². The summed E-state index contributed by atoms with van der Waals surface area (Å²) < 4.78 is 38.5. The summed E-state index contributed by atoms with van der Waals surface area (Å²) in [5.41, 5.74) is 0. The summed E-state index contributed by atoms with van der Waals surface area (Å²) in [6, 6.07) is 0. The molecule has 29 heavy (non-hydrogen) atoms. The molecule has 0 fully saturated rings. The molecule has 0 saturated heterocycles. The summed E-state index contributed by atoms with van der Waals surface area (Å²) in [5, 5.41) is 0.232. The van der Waals surface area contributed by atoms with Gasteiger partial charge in [0.2, 0.25) is 0 Å². The Labute approximate surface area is 179 Å². The lowest BCUT2D eigenvalue weighted by Gasteiger charge is -2.36. The van der Waals surface area contributed by atoms with Gasteiger partial charge in [0.05, 0.1) is 85.9 Å². The van der Waals surface area contributed by atoms with E-state index in [9.17, 15) is 0 Å². The molecule has 0 bridgehead atoms. The standard InChI is InChI=1S/C21H44O7Si/c1-7-8-22-9-10-23-11-12-24-13-14-25-15-16-26-17-18-27-19-20-28-29(5,6)21(2,3)4/h7H,1,8-20H2,2-6H3. The first-order chi connectivity index (χ1) is 13.8. The van der Waals surface area contributed by atoms with Crippen molar-refractivity contribution in [1.82, 2.24) is 0 Å². The van der Waals surface area contributed by atoms with Gasteiger partial charge in [0.15, 0.2) is 8.32 Å². The Hall–Kier alpha value is -0.323. The summed E-state index contributed by atoms with van der Waals surface area (Å²) in [5.74, 6) is 0. The van der Waals surface area contributed by atoms with Crippen LogP contribution in [0.2, 0.25) is 18.1 Å². The molecule has 174 valence electrons. The Morgan fingerprint density at radius 1 is 0.586 bits per heavy atom. The Kier molecular flexibility index (Phi) is 18.2. The first-order valence-electron chi connectivity index (χ1n) is 10.5. The number of ether oxygens (including phenoxy) is 6. The minimum atomic E-state index is -1.67. The first-order valence-corrected chi connectivity index (χ1v) is 13.4. The van der Waals surface area contributed by atoms with Gasteiger partial charge in [-0.05, 0) is 18.1 Å². The van der Waals surface area contributed by atoms with E-state index in [0.29, 0.717) is 85.9 Å². The number of rotatable bonds is 21. The van der Waals surface area contributed by atoms with Crippen molar-refractivity contribution in [3.8, 4) is 0 Å². The largest absolute Gasteiger partial charge is 0.414 e. The van der Waals surface area contributed by atoms with E-state index in [1.807, 2.05) is 0 Å². The van der Waals surface area contributed by atoms with E-state index in [0.717, 1.165) is 0 Å². The summed E-state index contributed by atoms with van der Waals surface area (Å²) >= 11 is 0. The van der Waals surface area contributed by atoms with E-state index < -0.39 is 8.32 Å². The van der Waals surface area contributed by atoms with Gasteiger partial charge in [0, 0.05) is 0 Å². The van der Waals surface area contributed by atoms with Gasteiger partial charge in [-0.15, -0.1) is 6.58 Å². The second kappa shape index (κ2) is 18.4. The lowest BCUT2D eigenvalue weighted by Crippen LogP contribution is -2.41. The molecule has 0 atom stereocenters. The third-order valence-electron chi connectivity index (χ3n) is 4.59. The summed E-state index contributed by atoms with van der Waals surface area (Å²) in [6.45, 7) is 22.2. The number of hydrogen-bond acceptors (Lipinski definition) is 7. The van der Waals surface area contributed by atoms with Gasteiger partial charge < -0.3 is 32.8 Å². The van der Waals surface area contributed by atoms with E-state index in [2.05, 4.69) is 40.4 Å². The highest BCUT2D eigenvalue weighted by molar-refractivity contribution is 6.74. The highest BCUT2D eigenvalue weighted by atomic mass is 28.4. The average Bonchev–Trinajstić information content (AvgIpc) is 2.65. The molecule has 8 heteroatoms. The lowest BCUT2D eigenvalue weighted by atomic mass is 10.2. The summed E-state index contributed by atoms with van der Waals surface area (Å²) in [4.78, 5) is 0. The second-order valence-corrected chi connectivity index (χ2v) is 12.8. The summed E-state index contributed by atoms with van der Waals surface area (Å²) in [7, 11) is -1.67. The van der Waals surface area contributed by atoms with Gasteiger partial charge in [-0.3, -0.25) is 0 Å². The van der Waals surface area contributed by atoms with Gasteiger partial charge in [-0.25, -0.2) is 0 Å². The number of hydrogen-bond donors (Lipinski definition) is 0. The monoisotopic (exact) mass is 436 g/mol. The SMILES string of the molecule is C=CCOCCOCCOCCOCCOCCOCCO[Si](C)(C)C(C)(C)C. The Bertz CT molecular complexity index is 373. The van der Waals surface area contributed by atoms with Crippen LogP contribution in [-0.2, 0) is 32.8 Å². The fourth-order valence-electron chi connectivity index (χ4n) is 1.84. The normalized spacial score (nSPS) is 12.4. The third kappa shape index (κ3) is 18.2. The van der Waals surface area contributed by atoms with Crippen molar-refractivity contribution in [3.05, 3.63) is 12.7 Å². The second-order valence-electron chi connectivity index (χ2n) is 8.03. The predicted octanol–water partition coefficient (Wildman–Crippen LogP) is 3.29. The third-order valence-corrected chi connectivity index (χ3v) is 9.13. The van der Waals surface area contributed by atoms with Crippen LogP contribution < -0.4 is 0 Å². The maximum absolute atomic E-state index is 6.05. The lowest BCUT2D eigenvalue weighted by molar-refractivity contribution is -0.0170. The highest BCUT2D eigenvalue weighted by Gasteiger charge is 2.36. The molecule has 0 heterocycles. The van der Waals surface area contributed by atoms with Crippen LogP contribution in [0, 0.1) is 0 Å². The predicted molar refractivity (Wildman–Crippen MR) is 118 cm³/mol. The van der Waals surface area contributed by atoms with E-state index in [1.165, 1.54) is 0 Å². The summed E-state index contributed by atoms with van der Waals surface area (Å²) in [6.07, 6.45) is 1.72. The molecule has 0 aliphatic carbocycles. The average molecular weight is 437 g/mol. The Morgan fingerprint density at radius 2 is 0.897 bits per heavy atom. The van der Waals surface area contributed by atoms with Crippen molar-refractivity contribution in [3.63, 3.8) is 0 Å². The van der Waals surface area contributed by atoms with Gasteiger partial charge in [-0.1, -0.05) is 26.8 Å². The highest BCUT2D eigenvalue weighted by Crippen LogP contribution is 2.36. The first kappa shape index (κ1) is 28.7. The molecular weight excluding hydrogens is 392 g/mol. The molecule has 0 spiro atoms. The molecule has 0 aliphatic rings. The molecule has 0 radical (unpaired) electrons. The minimum Gasteiger partial charge on any atom is -0.414 e. The zero-order chi connectivity index (χ0) is 21.8. The smallest absolute Gasteiger partial charge is 0.192 e. The van der Waals surface area contributed by atoms with Crippen LogP contribution in [0.3, 0.4) is 0 Å². The van der Waals surface area contributed by atoms with Crippen LogP contribution in [0.4, 0.5) is 0 Å². The Morgan fingerprint density at radius 3 is 1.21 bits per heavy atom. The molecule has 7 nitrogen and oxygen atoms in total. The molecule has 0 aliphatic heterocycles. The van der Waals surface area contributed by atoms with Crippen molar-refractivity contribution in [2.24, 2.45) is 0 Å². The van der Waals surface area contributed by atoms with Crippen molar-refractivity contribution >= 4 is 8.32 Å². The topological polar surface area (TPSA) is 64.6 Å². The van der Waals surface area contributed by atoms with Crippen LogP contribution in [0.25, 0.3) is 0 Å². The van der Waals surface area contributed by atoms with E-state index >= 15 is 0 Å². The van der Waals surface area contributed by atoms with Crippen molar-refractivity contribution in [2.45, 2.75) is 38.9 Å². The van der Waals surface area contributed by atoms with Crippen molar-refractivity contribution < 1.29 is 32.8 Å². The van der Waals surface area contributed by atoms with Crippen LogP contribution in [0.5, 0.6) is 0 Å². The molecular formula is C21H44O7Si. The van der Waals surface area contributed by atoms with Crippen LogP contribution >= 0.6 is 0 Å². The van der Waals surface area contributed by atoms with Gasteiger partial charge in [-0.2, -0.15) is 0 Å². The van der Waals surface area contributed by atoms with Gasteiger partial charge >= 0.3 is 0 Å². The quantitative estimate of drug-likeness (QED) is 0.155. The molecule has 0 aromatic heterocycles. The van der Waals surface area contributed by atoms with Gasteiger partial charge in [0.1, 0.15) is 0 Å². The zero-order valence-electron chi connectivity index (χ0n) is 19.3. The van der Waals surface area contributed by atoms with E-state index in [1.54, 1.807) is 6.08 Å². The van der Waals surface area contributed by atoms with Crippen molar-refractivity contribution in [2.75, 3.05) is 85.9 Å². The zero-order valence-corrected chi connectivity index (χ0v) is 20.3. The van der Waals surface area contributed by atoms with Crippen LogP contribution in [-0.4, -0.2) is 94.2 Å².